The van der Waals surface area contributed by atoms with Gasteiger partial charge in [-0.25, -0.2) is 4.79 Å². The number of nitrogens with zero attached hydrogens (tertiary/aromatic N) is 3. The first-order valence-electron chi connectivity index (χ1n) is 10.3. The number of fused-ring (bicyclic) bond motifs is 1. The van der Waals surface area contributed by atoms with Crippen LogP contribution >= 0.6 is 0 Å². The van der Waals surface area contributed by atoms with Crippen molar-refractivity contribution in [1.29, 1.82) is 0 Å². The molecule has 2 amide bonds. The van der Waals surface area contributed by atoms with Crippen LogP contribution in [-0.4, -0.2) is 51.9 Å². The number of rotatable bonds is 2. The van der Waals surface area contributed by atoms with Gasteiger partial charge in [0.2, 0.25) is 0 Å². The minimum Gasteiger partial charge on any atom is -0.441 e. The van der Waals surface area contributed by atoms with Crippen molar-refractivity contribution in [2.75, 3.05) is 19.6 Å². The molecule has 3 heterocycles. The number of aromatic nitrogens is 2. The van der Waals surface area contributed by atoms with Crippen LogP contribution in [0, 0.1) is 0 Å². The van der Waals surface area contributed by atoms with Crippen molar-refractivity contribution >= 4 is 22.8 Å². The summed E-state index contributed by atoms with van der Waals surface area (Å²) >= 11 is 0. The highest BCUT2D eigenvalue weighted by Crippen LogP contribution is 2.31. The molecule has 0 aliphatic carbocycles. The van der Waals surface area contributed by atoms with Crippen LogP contribution in [0.3, 0.4) is 0 Å². The maximum absolute atomic E-state index is 13.2. The summed E-state index contributed by atoms with van der Waals surface area (Å²) in [6, 6.07) is 12.0. The maximum Gasteiger partial charge on any atom is 0.407 e. The predicted octanol–water partition coefficient (Wildman–Crippen LogP) is 3.35. The second-order valence-corrected chi connectivity index (χ2v) is 8.22. The van der Waals surface area contributed by atoms with Gasteiger partial charge in [-0.2, -0.15) is 5.10 Å². The zero-order valence-corrected chi connectivity index (χ0v) is 16.9. The van der Waals surface area contributed by atoms with E-state index in [-0.39, 0.29) is 12.0 Å². The monoisotopic (exact) mass is 404 g/mol. The molecule has 154 valence electrons. The van der Waals surface area contributed by atoms with E-state index in [0.29, 0.717) is 31.6 Å². The number of ether oxygens (including phenoxy) is 1. The van der Waals surface area contributed by atoms with E-state index in [1.807, 2.05) is 54.7 Å². The van der Waals surface area contributed by atoms with Crippen molar-refractivity contribution < 1.29 is 14.3 Å². The molecular formula is C23H24N4O3. The lowest BCUT2D eigenvalue weighted by Crippen LogP contribution is -2.36. The fourth-order valence-corrected chi connectivity index (χ4v) is 4.56. The van der Waals surface area contributed by atoms with E-state index in [0.717, 1.165) is 34.7 Å². The van der Waals surface area contributed by atoms with E-state index < -0.39 is 5.60 Å². The second-order valence-electron chi connectivity index (χ2n) is 8.22. The SMILES string of the molecule is Cn1cc(-c2cccc3cc(C(=O)N4CCCC5(CC4)CNC(=O)O5)ccc23)cn1. The van der Waals surface area contributed by atoms with E-state index in [1.54, 1.807) is 4.68 Å². The van der Waals surface area contributed by atoms with Gasteiger partial charge in [-0.1, -0.05) is 24.3 Å². The molecule has 2 aromatic carbocycles. The molecule has 5 rings (SSSR count). The maximum atomic E-state index is 13.2. The summed E-state index contributed by atoms with van der Waals surface area (Å²) in [7, 11) is 1.90. The van der Waals surface area contributed by atoms with Gasteiger partial charge in [0.25, 0.3) is 5.91 Å². The zero-order valence-electron chi connectivity index (χ0n) is 16.9. The molecule has 7 heteroatoms. The number of hydrogen-bond acceptors (Lipinski definition) is 4. The average molecular weight is 404 g/mol. The van der Waals surface area contributed by atoms with Crippen LogP contribution in [-0.2, 0) is 11.8 Å². The first-order valence-corrected chi connectivity index (χ1v) is 10.3. The number of hydrogen-bond donors (Lipinski definition) is 1. The van der Waals surface area contributed by atoms with Crippen LogP contribution in [0.4, 0.5) is 4.79 Å². The largest absolute Gasteiger partial charge is 0.441 e. The number of amides is 2. The van der Waals surface area contributed by atoms with Crippen molar-refractivity contribution in [3.63, 3.8) is 0 Å². The normalized spacial score (nSPS) is 21.5. The topological polar surface area (TPSA) is 76.5 Å². The standard InChI is InChI=1S/C23H24N4O3/c1-26-14-18(13-25-26)19-5-2-4-16-12-17(6-7-20(16)19)21(28)27-10-3-8-23(9-11-27)15-24-22(29)30-23/h2,4-7,12-14H,3,8-11,15H2,1H3,(H,24,29). The van der Waals surface area contributed by atoms with Crippen LogP contribution in [0.2, 0.25) is 0 Å². The molecule has 3 aromatic rings. The van der Waals surface area contributed by atoms with Gasteiger partial charge in [-0.15, -0.1) is 0 Å². The van der Waals surface area contributed by atoms with Gasteiger partial charge in [-0.05, 0) is 41.3 Å². The number of alkyl carbamates (subject to hydrolysis) is 1. The Balaban J connectivity index is 1.39. The van der Waals surface area contributed by atoms with Crippen LogP contribution in [0.15, 0.2) is 48.8 Å². The third kappa shape index (κ3) is 3.30. The highest BCUT2D eigenvalue weighted by Gasteiger charge is 2.41. The highest BCUT2D eigenvalue weighted by molar-refractivity contribution is 6.02. The summed E-state index contributed by atoms with van der Waals surface area (Å²) < 4.78 is 7.31. The highest BCUT2D eigenvalue weighted by atomic mass is 16.6. The van der Waals surface area contributed by atoms with E-state index in [4.69, 9.17) is 4.74 Å². The van der Waals surface area contributed by atoms with Crippen molar-refractivity contribution in [3.05, 3.63) is 54.4 Å². The molecule has 1 spiro atoms. The van der Waals surface area contributed by atoms with Crippen LogP contribution in [0.25, 0.3) is 21.9 Å². The summed E-state index contributed by atoms with van der Waals surface area (Å²) in [5, 5.41) is 9.15. The number of likely N-dealkylation sites (tertiary alicyclic amines) is 1. The number of benzene rings is 2. The molecule has 0 bridgehead atoms. The first kappa shape index (κ1) is 18.7. The third-order valence-electron chi connectivity index (χ3n) is 6.19. The minimum absolute atomic E-state index is 0.0259. The molecule has 2 aliphatic heterocycles. The van der Waals surface area contributed by atoms with Crippen LogP contribution in [0.5, 0.6) is 0 Å². The molecule has 7 nitrogen and oxygen atoms in total. The Morgan fingerprint density at radius 2 is 2.10 bits per heavy atom. The van der Waals surface area contributed by atoms with E-state index in [1.165, 1.54) is 0 Å². The Kier molecular flexibility index (Phi) is 4.46. The Hall–Kier alpha value is -3.35. The van der Waals surface area contributed by atoms with Crippen molar-refractivity contribution in [3.8, 4) is 11.1 Å². The third-order valence-corrected chi connectivity index (χ3v) is 6.19. The summed E-state index contributed by atoms with van der Waals surface area (Å²) in [6.07, 6.45) is 5.75. The Labute approximate surface area is 174 Å². The summed E-state index contributed by atoms with van der Waals surface area (Å²) in [5.74, 6) is 0.0259. The lowest BCUT2D eigenvalue weighted by atomic mass is 9.95. The summed E-state index contributed by atoms with van der Waals surface area (Å²) in [6.45, 7) is 1.79. The lowest BCUT2D eigenvalue weighted by molar-refractivity contribution is 0.0438. The molecule has 1 unspecified atom stereocenters. The molecular weight excluding hydrogens is 380 g/mol. The van der Waals surface area contributed by atoms with Gasteiger partial charge in [0.05, 0.1) is 12.7 Å². The van der Waals surface area contributed by atoms with Gasteiger partial charge < -0.3 is 15.0 Å². The van der Waals surface area contributed by atoms with Crippen LogP contribution < -0.4 is 5.32 Å². The van der Waals surface area contributed by atoms with E-state index in [2.05, 4.69) is 16.5 Å². The molecule has 0 radical (unpaired) electrons. The van der Waals surface area contributed by atoms with Gasteiger partial charge in [0.1, 0.15) is 5.60 Å². The molecule has 1 atom stereocenters. The number of carbonyl (C=O) groups excluding carboxylic acids is 2. The first-order chi connectivity index (χ1) is 14.5. The van der Waals surface area contributed by atoms with Gasteiger partial charge >= 0.3 is 6.09 Å². The predicted molar refractivity (Wildman–Crippen MR) is 113 cm³/mol. The fraction of sp³-hybridized carbons (Fsp3) is 0.348. The smallest absolute Gasteiger partial charge is 0.407 e. The fourth-order valence-electron chi connectivity index (χ4n) is 4.56. The lowest BCUT2D eigenvalue weighted by Gasteiger charge is -2.25. The molecule has 0 saturated carbocycles. The molecule has 1 aromatic heterocycles. The Morgan fingerprint density at radius 3 is 2.87 bits per heavy atom. The molecule has 30 heavy (non-hydrogen) atoms. The van der Waals surface area contributed by atoms with Gasteiger partial charge in [0.15, 0.2) is 0 Å². The second kappa shape index (κ2) is 7.16. The average Bonchev–Trinajstić information content (AvgIpc) is 3.28. The quantitative estimate of drug-likeness (QED) is 0.711. The molecule has 2 aliphatic rings. The zero-order chi connectivity index (χ0) is 20.7. The number of carbonyl (C=O) groups is 2. The van der Waals surface area contributed by atoms with Crippen LogP contribution in [0.1, 0.15) is 29.6 Å². The van der Waals surface area contributed by atoms with Crippen molar-refractivity contribution in [2.24, 2.45) is 7.05 Å². The Morgan fingerprint density at radius 1 is 1.20 bits per heavy atom. The van der Waals surface area contributed by atoms with E-state index >= 15 is 0 Å². The van der Waals surface area contributed by atoms with Crippen molar-refractivity contribution in [1.82, 2.24) is 20.0 Å². The Bertz CT molecular complexity index is 1140. The number of nitrogens with one attached hydrogen (secondary N) is 1. The molecule has 1 N–H and O–H groups in total. The summed E-state index contributed by atoms with van der Waals surface area (Å²) in [4.78, 5) is 26.6. The molecule has 2 fully saturated rings. The van der Waals surface area contributed by atoms with Gasteiger partial charge in [-0.3, -0.25) is 9.48 Å². The summed E-state index contributed by atoms with van der Waals surface area (Å²) in [5.41, 5.74) is 2.38. The number of aryl methyl sites for hydroxylation is 1. The molecule has 2 saturated heterocycles. The van der Waals surface area contributed by atoms with Gasteiger partial charge in [0, 0.05) is 43.9 Å². The minimum atomic E-state index is -0.464. The van der Waals surface area contributed by atoms with E-state index in [9.17, 15) is 9.59 Å². The van der Waals surface area contributed by atoms with Crippen molar-refractivity contribution in [2.45, 2.75) is 24.9 Å².